The molecular weight excluding hydrogens is 417 g/mol. The van der Waals surface area contributed by atoms with E-state index in [1.165, 1.54) is 12.1 Å². The Morgan fingerprint density at radius 3 is 2.77 bits per heavy atom. The van der Waals surface area contributed by atoms with E-state index in [2.05, 4.69) is 11.9 Å². The molecule has 6 heteroatoms. The maximum atomic E-state index is 14.1. The first-order valence-electron chi connectivity index (χ1n) is 10.7. The lowest BCUT2D eigenvalue weighted by Gasteiger charge is -2.30. The number of halogens is 2. The van der Waals surface area contributed by atoms with Gasteiger partial charge < -0.3 is 14.8 Å². The van der Waals surface area contributed by atoms with Crippen molar-refractivity contribution >= 4 is 17.5 Å². The molecule has 4 rings (SSSR count). The molecule has 31 heavy (non-hydrogen) atoms. The molecule has 0 aromatic heterocycles. The number of benzene rings is 2. The SMILES string of the molecule is C=C(OC1CCCCO1)[C@]1(C)C[C@@H](Cc2ccc(-c3cc(Cl)ccc3F)cc2)NC1=O. The lowest BCUT2D eigenvalue weighted by molar-refractivity contribution is -0.153. The van der Waals surface area contributed by atoms with Crippen LogP contribution in [0.2, 0.25) is 5.02 Å². The molecule has 0 bridgehead atoms. The summed E-state index contributed by atoms with van der Waals surface area (Å²) in [6.07, 6.45) is 3.87. The Kier molecular flexibility index (Phi) is 6.35. The Hall–Kier alpha value is -2.37. The molecule has 1 amide bonds. The maximum Gasteiger partial charge on any atom is 0.233 e. The first-order valence-corrected chi connectivity index (χ1v) is 11.1. The number of rotatable bonds is 6. The van der Waals surface area contributed by atoms with Crippen molar-refractivity contribution in [1.29, 1.82) is 0 Å². The Labute approximate surface area is 187 Å². The van der Waals surface area contributed by atoms with Gasteiger partial charge in [0.05, 0.1) is 6.61 Å². The monoisotopic (exact) mass is 443 g/mol. The molecule has 2 saturated heterocycles. The van der Waals surface area contributed by atoms with Crippen LogP contribution in [-0.2, 0) is 20.7 Å². The number of hydrogen-bond acceptors (Lipinski definition) is 3. The molecule has 2 aromatic rings. The van der Waals surface area contributed by atoms with Gasteiger partial charge in [-0.2, -0.15) is 0 Å². The number of carbonyl (C=O) groups is 1. The highest BCUT2D eigenvalue weighted by molar-refractivity contribution is 6.30. The zero-order valence-electron chi connectivity index (χ0n) is 17.6. The normalized spacial score (nSPS) is 25.8. The fourth-order valence-corrected chi connectivity index (χ4v) is 4.43. The molecule has 1 unspecified atom stereocenters. The van der Waals surface area contributed by atoms with E-state index < -0.39 is 5.41 Å². The van der Waals surface area contributed by atoms with Gasteiger partial charge in [0.25, 0.3) is 0 Å². The topological polar surface area (TPSA) is 47.6 Å². The van der Waals surface area contributed by atoms with E-state index >= 15 is 0 Å². The van der Waals surface area contributed by atoms with Crippen LogP contribution in [-0.4, -0.2) is 24.8 Å². The van der Waals surface area contributed by atoms with E-state index in [4.69, 9.17) is 21.1 Å². The van der Waals surface area contributed by atoms with Crippen LogP contribution in [0.15, 0.2) is 54.8 Å². The zero-order chi connectivity index (χ0) is 22.0. The van der Waals surface area contributed by atoms with Crippen molar-refractivity contribution in [2.75, 3.05) is 6.61 Å². The van der Waals surface area contributed by atoms with Crippen molar-refractivity contribution in [3.8, 4) is 11.1 Å². The molecule has 1 N–H and O–H groups in total. The average molecular weight is 444 g/mol. The lowest BCUT2D eigenvalue weighted by atomic mass is 9.84. The van der Waals surface area contributed by atoms with Crippen molar-refractivity contribution in [2.45, 2.75) is 51.4 Å². The first-order chi connectivity index (χ1) is 14.8. The minimum atomic E-state index is -0.782. The third-order valence-electron chi connectivity index (χ3n) is 6.19. The van der Waals surface area contributed by atoms with Crippen LogP contribution in [0.4, 0.5) is 4.39 Å². The number of hydrogen-bond donors (Lipinski definition) is 1. The lowest BCUT2D eigenvalue weighted by Crippen LogP contribution is -2.34. The van der Waals surface area contributed by atoms with Crippen LogP contribution >= 0.6 is 11.6 Å². The zero-order valence-corrected chi connectivity index (χ0v) is 18.4. The van der Waals surface area contributed by atoms with E-state index in [0.717, 1.165) is 30.4 Å². The summed E-state index contributed by atoms with van der Waals surface area (Å²) in [5.74, 6) is 0.0820. The summed E-state index contributed by atoms with van der Waals surface area (Å²) in [5, 5.41) is 3.57. The first kappa shape index (κ1) is 21.8. The van der Waals surface area contributed by atoms with Gasteiger partial charge in [-0.25, -0.2) is 4.39 Å². The summed E-state index contributed by atoms with van der Waals surface area (Å²) in [6.45, 7) is 6.60. The van der Waals surface area contributed by atoms with Crippen molar-refractivity contribution in [3.63, 3.8) is 0 Å². The average Bonchev–Trinajstić information content (AvgIpc) is 3.05. The van der Waals surface area contributed by atoms with Crippen LogP contribution in [0.3, 0.4) is 0 Å². The molecule has 0 radical (unpaired) electrons. The van der Waals surface area contributed by atoms with Crippen LogP contribution in [0.1, 0.15) is 38.2 Å². The molecule has 2 aliphatic rings. The van der Waals surface area contributed by atoms with Crippen molar-refractivity contribution < 1.29 is 18.7 Å². The third kappa shape index (κ3) is 4.78. The smallest absolute Gasteiger partial charge is 0.233 e. The van der Waals surface area contributed by atoms with Crippen LogP contribution in [0.5, 0.6) is 0 Å². The Balaban J connectivity index is 1.40. The summed E-state index contributed by atoms with van der Waals surface area (Å²) in [5.41, 5.74) is 1.51. The van der Waals surface area contributed by atoms with E-state index in [1.807, 2.05) is 31.2 Å². The highest BCUT2D eigenvalue weighted by Crippen LogP contribution is 2.39. The molecule has 164 valence electrons. The van der Waals surface area contributed by atoms with Gasteiger partial charge in [0, 0.05) is 23.0 Å². The largest absolute Gasteiger partial charge is 0.469 e. The number of carbonyl (C=O) groups excluding carboxylic acids is 1. The Bertz CT molecular complexity index is 971. The standard InChI is InChI=1S/C25H27ClFNO3/c1-16(31-23-5-3-4-12-30-23)25(2)15-20(28-24(25)29)13-17-6-8-18(9-7-17)21-14-19(26)10-11-22(21)27/h6-11,14,20,23H,1,3-5,12-13,15H2,2H3,(H,28,29)/t20-,23?,25+/m1/s1. The minimum Gasteiger partial charge on any atom is -0.469 e. The van der Waals surface area contributed by atoms with E-state index in [1.54, 1.807) is 6.07 Å². The van der Waals surface area contributed by atoms with Gasteiger partial charge in [-0.15, -0.1) is 0 Å². The molecule has 2 fully saturated rings. The fraction of sp³-hybridized carbons (Fsp3) is 0.400. The summed E-state index contributed by atoms with van der Waals surface area (Å²) >= 11 is 6.01. The minimum absolute atomic E-state index is 0.0288. The predicted octanol–water partition coefficient (Wildman–Crippen LogP) is 5.64. The van der Waals surface area contributed by atoms with E-state index in [0.29, 0.717) is 35.8 Å². The van der Waals surface area contributed by atoms with Crippen molar-refractivity contribution in [2.24, 2.45) is 5.41 Å². The van der Waals surface area contributed by atoms with Crippen LogP contribution < -0.4 is 5.32 Å². The van der Waals surface area contributed by atoms with Gasteiger partial charge in [0.15, 0.2) is 6.29 Å². The third-order valence-corrected chi connectivity index (χ3v) is 6.43. The molecule has 2 heterocycles. The molecule has 2 aromatic carbocycles. The highest BCUT2D eigenvalue weighted by Gasteiger charge is 2.47. The van der Waals surface area contributed by atoms with Gasteiger partial charge in [0.2, 0.25) is 5.91 Å². The van der Waals surface area contributed by atoms with Gasteiger partial charge in [-0.3, -0.25) is 4.79 Å². The molecule has 0 aliphatic carbocycles. The highest BCUT2D eigenvalue weighted by atomic mass is 35.5. The molecule has 3 atom stereocenters. The summed E-state index contributed by atoms with van der Waals surface area (Å²) < 4.78 is 25.7. The number of ether oxygens (including phenoxy) is 2. The predicted molar refractivity (Wildman–Crippen MR) is 119 cm³/mol. The molecule has 0 saturated carbocycles. The summed E-state index contributed by atoms with van der Waals surface area (Å²) in [7, 11) is 0. The Morgan fingerprint density at radius 2 is 2.06 bits per heavy atom. The second-order valence-electron chi connectivity index (χ2n) is 8.57. The van der Waals surface area contributed by atoms with Gasteiger partial charge >= 0.3 is 0 Å². The fourth-order valence-electron chi connectivity index (χ4n) is 4.26. The second-order valence-corrected chi connectivity index (χ2v) is 9.01. The number of nitrogens with one attached hydrogen (secondary N) is 1. The molecule has 4 nitrogen and oxygen atoms in total. The quantitative estimate of drug-likeness (QED) is 0.587. The summed E-state index contributed by atoms with van der Waals surface area (Å²) in [6, 6.07) is 12.2. The second kappa shape index (κ2) is 9.01. The van der Waals surface area contributed by atoms with Gasteiger partial charge in [0.1, 0.15) is 17.0 Å². The van der Waals surface area contributed by atoms with Gasteiger partial charge in [-0.05, 0) is 61.9 Å². The van der Waals surface area contributed by atoms with Crippen LogP contribution in [0, 0.1) is 11.2 Å². The molecule has 0 spiro atoms. The van der Waals surface area contributed by atoms with E-state index in [9.17, 15) is 9.18 Å². The van der Waals surface area contributed by atoms with Gasteiger partial charge in [-0.1, -0.05) is 42.4 Å². The summed E-state index contributed by atoms with van der Waals surface area (Å²) in [4.78, 5) is 12.7. The molecule has 2 aliphatic heterocycles. The number of amides is 1. The Morgan fingerprint density at radius 1 is 1.29 bits per heavy atom. The molecular formula is C25H27ClFNO3. The van der Waals surface area contributed by atoms with Crippen molar-refractivity contribution in [3.05, 3.63) is 71.2 Å². The van der Waals surface area contributed by atoms with E-state index in [-0.39, 0.29) is 24.1 Å². The maximum absolute atomic E-state index is 14.1. The van der Waals surface area contributed by atoms with Crippen molar-refractivity contribution in [1.82, 2.24) is 5.32 Å². The van der Waals surface area contributed by atoms with Crippen LogP contribution in [0.25, 0.3) is 11.1 Å².